The van der Waals surface area contributed by atoms with Crippen molar-refractivity contribution in [1.29, 1.82) is 0 Å². The van der Waals surface area contributed by atoms with Gasteiger partial charge < -0.3 is 30.5 Å². The number of carbonyl (C=O) groups excluding carboxylic acids is 4. The van der Waals surface area contributed by atoms with Crippen molar-refractivity contribution in [3.63, 3.8) is 0 Å². The van der Waals surface area contributed by atoms with Gasteiger partial charge in [-0.05, 0) is 59.1 Å². The van der Waals surface area contributed by atoms with Crippen molar-refractivity contribution in [2.45, 2.75) is 56.2 Å². The lowest BCUT2D eigenvalue weighted by molar-refractivity contribution is -0.152. The summed E-state index contributed by atoms with van der Waals surface area (Å²) in [5.74, 6) is -2.21. The van der Waals surface area contributed by atoms with Crippen LogP contribution in [0.15, 0.2) is 121 Å². The quantitative estimate of drug-likeness (QED) is 0.121. The summed E-state index contributed by atoms with van der Waals surface area (Å²) in [6.45, 7) is -0.186. The number of allylic oxidation sites excluding steroid dienone is 2. The zero-order valence-corrected chi connectivity index (χ0v) is 29.5. The summed E-state index contributed by atoms with van der Waals surface area (Å²) in [5, 5.41) is 18.4. The van der Waals surface area contributed by atoms with Gasteiger partial charge in [-0.1, -0.05) is 121 Å². The number of carbonyl (C=O) groups is 4. The lowest BCUT2D eigenvalue weighted by Crippen LogP contribution is -2.44. The Morgan fingerprint density at radius 1 is 0.849 bits per heavy atom. The number of fused-ring (bicyclic) bond motifs is 3. The van der Waals surface area contributed by atoms with Crippen molar-refractivity contribution in [2.75, 3.05) is 19.8 Å². The zero-order chi connectivity index (χ0) is 37.0. The number of ether oxygens (including phenoxy) is 2. The van der Waals surface area contributed by atoms with Crippen LogP contribution in [0.5, 0.6) is 0 Å². The number of esters is 1. The highest BCUT2D eigenvalue weighted by Gasteiger charge is 2.31. The van der Waals surface area contributed by atoms with Crippen molar-refractivity contribution in [3.8, 4) is 11.1 Å². The highest BCUT2D eigenvalue weighted by Crippen LogP contribution is 2.44. The Morgan fingerprint density at radius 3 is 2.17 bits per heavy atom. The van der Waals surface area contributed by atoms with Gasteiger partial charge in [-0.2, -0.15) is 0 Å². The van der Waals surface area contributed by atoms with Gasteiger partial charge in [-0.15, -0.1) is 0 Å². The second-order valence-corrected chi connectivity index (χ2v) is 13.4. The Bertz CT molecular complexity index is 1850. The first-order chi connectivity index (χ1) is 25.9. The third-order valence-corrected chi connectivity index (χ3v) is 9.73. The first-order valence-corrected chi connectivity index (χ1v) is 18.1. The maximum absolute atomic E-state index is 13.7. The summed E-state index contributed by atoms with van der Waals surface area (Å²) in [6, 6.07) is 33.2. The standard InChI is InChI=1S/C43H45N3O7/c47-27-32(24-29-14-4-1-5-15-29)45-40(48)25-31-18-8-3-9-23-38(42(50)53-39(26-44-41(31)49)30-16-6-2-7-17-30)46-43(51)52-28-37-35-21-12-10-19-33(35)34-20-11-13-22-36(34)37/h1-8,10-17,19-22,31-32,37-39,47H,9,18,23-28H2,(H,44,49)(H,45,48)(H,46,51). The van der Waals surface area contributed by atoms with E-state index in [9.17, 15) is 24.3 Å². The minimum absolute atomic E-state index is 0.0403. The van der Waals surface area contributed by atoms with Crippen LogP contribution in [0.25, 0.3) is 11.1 Å². The molecule has 1 aliphatic carbocycles. The van der Waals surface area contributed by atoms with Crippen molar-refractivity contribution in [1.82, 2.24) is 16.0 Å². The number of nitrogens with one attached hydrogen (secondary N) is 3. The van der Waals surface area contributed by atoms with Crippen LogP contribution in [-0.4, -0.2) is 60.8 Å². The normalized spacial score (nSPS) is 19.5. The molecule has 1 aliphatic heterocycles. The molecule has 0 saturated carbocycles. The van der Waals surface area contributed by atoms with E-state index < -0.39 is 36.2 Å². The van der Waals surface area contributed by atoms with E-state index in [1.807, 2.05) is 97.1 Å². The Kier molecular flexibility index (Phi) is 12.7. The highest BCUT2D eigenvalue weighted by atomic mass is 16.6. The molecule has 2 aliphatic rings. The second-order valence-electron chi connectivity index (χ2n) is 13.4. The van der Waals surface area contributed by atoms with Crippen molar-refractivity contribution in [3.05, 3.63) is 144 Å². The number of hydrogen-bond acceptors (Lipinski definition) is 7. The van der Waals surface area contributed by atoms with Crippen LogP contribution in [-0.2, 0) is 30.3 Å². The average molecular weight is 716 g/mol. The molecule has 4 N–H and O–H groups in total. The van der Waals surface area contributed by atoms with Gasteiger partial charge in [-0.3, -0.25) is 9.59 Å². The van der Waals surface area contributed by atoms with Crippen LogP contribution < -0.4 is 16.0 Å². The largest absolute Gasteiger partial charge is 0.454 e. The molecule has 4 atom stereocenters. The van der Waals surface area contributed by atoms with Gasteiger partial charge in [0.05, 0.1) is 25.1 Å². The Labute approximate surface area is 309 Å². The average Bonchev–Trinajstić information content (AvgIpc) is 3.51. The molecule has 0 aromatic heterocycles. The van der Waals surface area contributed by atoms with Gasteiger partial charge in [0.1, 0.15) is 18.8 Å². The molecule has 53 heavy (non-hydrogen) atoms. The molecule has 4 unspecified atom stereocenters. The predicted molar refractivity (Wildman–Crippen MR) is 201 cm³/mol. The number of cyclic esters (lactones) is 1. The molecule has 10 nitrogen and oxygen atoms in total. The molecule has 10 heteroatoms. The number of amides is 3. The molecule has 6 rings (SSSR count). The molecule has 0 spiro atoms. The monoisotopic (exact) mass is 715 g/mol. The highest BCUT2D eigenvalue weighted by molar-refractivity contribution is 5.86. The number of rotatable bonds is 10. The summed E-state index contributed by atoms with van der Waals surface area (Å²) in [5.41, 5.74) is 6.02. The molecule has 4 aromatic carbocycles. The van der Waals surface area contributed by atoms with E-state index in [1.165, 1.54) is 0 Å². The summed E-state index contributed by atoms with van der Waals surface area (Å²) in [6.07, 6.45) is 3.31. The molecule has 0 saturated heterocycles. The number of benzene rings is 4. The molecule has 274 valence electrons. The molecule has 4 aromatic rings. The van der Waals surface area contributed by atoms with Gasteiger partial charge in [0.15, 0.2) is 0 Å². The lowest BCUT2D eigenvalue weighted by atomic mass is 9.98. The zero-order valence-electron chi connectivity index (χ0n) is 29.5. The van der Waals surface area contributed by atoms with Gasteiger partial charge in [0.25, 0.3) is 0 Å². The SMILES string of the molecule is O=C(CC1CC=CCCC(NC(=O)OCC2c3ccccc3-c3ccccc32)C(=O)OC(c2ccccc2)CNC1=O)NC(CO)Cc1ccccc1. The maximum Gasteiger partial charge on any atom is 0.407 e. The van der Waals surface area contributed by atoms with E-state index in [4.69, 9.17) is 9.47 Å². The van der Waals surface area contributed by atoms with Gasteiger partial charge >= 0.3 is 12.1 Å². The van der Waals surface area contributed by atoms with Gasteiger partial charge in [-0.25, -0.2) is 9.59 Å². The molecule has 0 bridgehead atoms. The first-order valence-electron chi connectivity index (χ1n) is 18.1. The summed E-state index contributed by atoms with van der Waals surface area (Å²) >= 11 is 0. The molecule has 0 radical (unpaired) electrons. The first kappa shape index (κ1) is 37.0. The number of alkyl carbamates (subject to hydrolysis) is 1. The Morgan fingerprint density at radius 2 is 1.49 bits per heavy atom. The molecule has 3 amide bonds. The lowest BCUT2D eigenvalue weighted by Gasteiger charge is -2.24. The van der Waals surface area contributed by atoms with Crippen LogP contribution in [0.4, 0.5) is 4.79 Å². The topological polar surface area (TPSA) is 143 Å². The van der Waals surface area contributed by atoms with E-state index in [2.05, 4.69) is 28.1 Å². The molecular weight excluding hydrogens is 670 g/mol. The predicted octanol–water partition coefficient (Wildman–Crippen LogP) is 5.76. The van der Waals surface area contributed by atoms with Crippen molar-refractivity contribution >= 4 is 23.9 Å². The van der Waals surface area contributed by atoms with Crippen LogP contribution in [0, 0.1) is 5.92 Å². The number of hydrogen-bond donors (Lipinski definition) is 4. The summed E-state index contributed by atoms with van der Waals surface area (Å²) in [4.78, 5) is 53.6. The minimum atomic E-state index is -1.01. The van der Waals surface area contributed by atoms with Crippen LogP contribution >= 0.6 is 0 Å². The molecule has 0 fully saturated rings. The van der Waals surface area contributed by atoms with E-state index >= 15 is 0 Å². The Balaban J connectivity index is 1.12. The fourth-order valence-corrected chi connectivity index (χ4v) is 6.98. The van der Waals surface area contributed by atoms with Gasteiger partial charge in [0.2, 0.25) is 11.8 Å². The van der Waals surface area contributed by atoms with E-state index in [0.29, 0.717) is 18.4 Å². The summed E-state index contributed by atoms with van der Waals surface area (Å²) in [7, 11) is 0. The van der Waals surface area contributed by atoms with Crippen molar-refractivity contribution < 1.29 is 33.8 Å². The summed E-state index contributed by atoms with van der Waals surface area (Å²) < 4.78 is 11.7. The van der Waals surface area contributed by atoms with Crippen LogP contribution in [0.3, 0.4) is 0 Å². The second kappa shape index (κ2) is 18.1. The van der Waals surface area contributed by atoms with Crippen LogP contribution in [0.1, 0.15) is 60.0 Å². The van der Waals surface area contributed by atoms with E-state index in [1.54, 1.807) is 12.1 Å². The molecule has 1 heterocycles. The minimum Gasteiger partial charge on any atom is -0.454 e. The van der Waals surface area contributed by atoms with E-state index in [0.717, 1.165) is 27.8 Å². The fourth-order valence-electron chi connectivity index (χ4n) is 6.98. The molecular formula is C43H45N3O7. The smallest absolute Gasteiger partial charge is 0.407 e. The Hall–Kier alpha value is -5.74. The number of aliphatic hydroxyl groups excluding tert-OH is 1. The maximum atomic E-state index is 13.7. The third-order valence-electron chi connectivity index (χ3n) is 9.73. The number of aliphatic hydroxyl groups is 1. The van der Waals surface area contributed by atoms with Crippen molar-refractivity contribution in [2.24, 2.45) is 5.92 Å². The fraction of sp³-hybridized carbons (Fsp3) is 0.302. The van der Waals surface area contributed by atoms with Gasteiger partial charge in [0, 0.05) is 12.3 Å². The third kappa shape index (κ3) is 9.78. The van der Waals surface area contributed by atoms with E-state index in [-0.39, 0.29) is 56.8 Å². The van der Waals surface area contributed by atoms with Crippen LogP contribution in [0.2, 0.25) is 0 Å².